The maximum Gasteiger partial charge on any atom is 0.496 e. The predicted molar refractivity (Wildman–Crippen MR) is 85.0 cm³/mol. The van der Waals surface area contributed by atoms with Gasteiger partial charge in [0, 0.05) is 17.9 Å². The zero-order valence-corrected chi connectivity index (χ0v) is 13.7. The van der Waals surface area contributed by atoms with Gasteiger partial charge in [0.1, 0.15) is 0 Å². The van der Waals surface area contributed by atoms with Crippen molar-refractivity contribution in [3.63, 3.8) is 0 Å². The molecule has 0 aromatic carbocycles. The zero-order valence-electron chi connectivity index (χ0n) is 13.7. The van der Waals surface area contributed by atoms with Crippen LogP contribution < -0.4 is 5.46 Å². The molecule has 1 aliphatic rings. The van der Waals surface area contributed by atoms with Crippen molar-refractivity contribution in [2.45, 2.75) is 59.2 Å². The van der Waals surface area contributed by atoms with E-state index in [0.29, 0.717) is 0 Å². The summed E-state index contributed by atoms with van der Waals surface area (Å²) in [5.41, 5.74) is 3.69. The van der Waals surface area contributed by atoms with Gasteiger partial charge in [0.2, 0.25) is 0 Å². The molecule has 3 rings (SSSR count). The third-order valence-electron chi connectivity index (χ3n) is 4.66. The van der Waals surface area contributed by atoms with Crippen molar-refractivity contribution >= 4 is 18.1 Å². The summed E-state index contributed by atoms with van der Waals surface area (Å²) in [4.78, 5) is 4.61. The number of nitrogens with zero attached hydrogens (tertiary/aromatic N) is 2. The summed E-state index contributed by atoms with van der Waals surface area (Å²) in [5.74, 6) is 0. The molecule has 0 radical (unpaired) electrons. The molecule has 0 N–H and O–H groups in total. The van der Waals surface area contributed by atoms with E-state index in [-0.39, 0.29) is 18.3 Å². The van der Waals surface area contributed by atoms with Crippen molar-refractivity contribution in [2.75, 3.05) is 0 Å². The Morgan fingerprint density at radius 3 is 2.33 bits per heavy atom. The van der Waals surface area contributed by atoms with Gasteiger partial charge in [-0.05, 0) is 47.1 Å². The summed E-state index contributed by atoms with van der Waals surface area (Å²) in [6.45, 7) is 12.5. The predicted octanol–water partition coefficient (Wildman–Crippen LogP) is 2.50. The number of aryl methyl sites for hydroxylation is 2. The SMILES string of the molecule is CCc1nc(C)cn2cc(B3OC(C)(C)C(C)(C)O3)cc12. The van der Waals surface area contributed by atoms with E-state index in [9.17, 15) is 0 Å². The van der Waals surface area contributed by atoms with Crippen LogP contribution in [0.4, 0.5) is 0 Å². The molecule has 0 unspecified atom stereocenters. The molecule has 1 fully saturated rings. The molecule has 0 aliphatic carbocycles. The molecule has 1 saturated heterocycles. The monoisotopic (exact) mass is 286 g/mol. The van der Waals surface area contributed by atoms with Gasteiger partial charge in [-0.25, -0.2) is 0 Å². The summed E-state index contributed by atoms with van der Waals surface area (Å²) in [6.07, 6.45) is 5.05. The lowest BCUT2D eigenvalue weighted by molar-refractivity contribution is 0.00578. The highest BCUT2D eigenvalue weighted by molar-refractivity contribution is 6.62. The van der Waals surface area contributed by atoms with Crippen LogP contribution >= 0.6 is 0 Å². The first-order valence-corrected chi connectivity index (χ1v) is 7.57. The molecule has 4 nitrogen and oxygen atoms in total. The van der Waals surface area contributed by atoms with Gasteiger partial charge in [0.15, 0.2) is 0 Å². The second kappa shape index (κ2) is 4.58. The molecule has 0 amide bonds. The molecule has 3 heterocycles. The Morgan fingerprint density at radius 2 is 1.76 bits per heavy atom. The minimum absolute atomic E-state index is 0.312. The van der Waals surface area contributed by atoms with Crippen LogP contribution in [-0.4, -0.2) is 27.7 Å². The highest BCUT2D eigenvalue weighted by atomic mass is 16.7. The lowest BCUT2D eigenvalue weighted by Gasteiger charge is -2.32. The summed E-state index contributed by atoms with van der Waals surface area (Å²) in [5, 5.41) is 0. The Balaban J connectivity index is 2.03. The molecule has 2 aromatic heterocycles. The van der Waals surface area contributed by atoms with Gasteiger partial charge >= 0.3 is 7.12 Å². The van der Waals surface area contributed by atoms with Gasteiger partial charge in [-0.2, -0.15) is 0 Å². The van der Waals surface area contributed by atoms with E-state index in [4.69, 9.17) is 9.31 Å². The van der Waals surface area contributed by atoms with Crippen LogP contribution in [0.3, 0.4) is 0 Å². The summed E-state index contributed by atoms with van der Waals surface area (Å²) < 4.78 is 14.4. The standard InChI is InChI=1S/C16H23BN2O2/c1-7-13-14-8-12(10-19(14)9-11(2)18-13)17-20-15(3,4)16(5,6)21-17/h8-10H,7H2,1-6H3. The second-order valence-electron chi connectivity index (χ2n) is 6.84. The fourth-order valence-electron chi connectivity index (χ4n) is 2.71. The molecule has 0 saturated carbocycles. The molecular weight excluding hydrogens is 263 g/mol. The fourth-order valence-corrected chi connectivity index (χ4v) is 2.71. The van der Waals surface area contributed by atoms with Crippen molar-refractivity contribution in [1.29, 1.82) is 0 Å². The topological polar surface area (TPSA) is 35.8 Å². The smallest absolute Gasteiger partial charge is 0.399 e. The Labute approximate surface area is 126 Å². The molecular formula is C16H23BN2O2. The van der Waals surface area contributed by atoms with Crippen LogP contribution in [0.15, 0.2) is 18.5 Å². The highest BCUT2D eigenvalue weighted by Crippen LogP contribution is 2.36. The van der Waals surface area contributed by atoms with Crippen LogP contribution in [-0.2, 0) is 15.7 Å². The quantitative estimate of drug-likeness (QED) is 0.796. The van der Waals surface area contributed by atoms with E-state index in [1.165, 1.54) is 0 Å². The Kier molecular flexibility index (Phi) is 3.19. The maximum atomic E-state index is 6.13. The average Bonchev–Trinajstić information content (AvgIpc) is 2.87. The summed E-state index contributed by atoms with van der Waals surface area (Å²) in [6, 6.07) is 2.13. The van der Waals surface area contributed by atoms with Gasteiger partial charge in [0.05, 0.1) is 28.1 Å². The van der Waals surface area contributed by atoms with Gasteiger partial charge in [-0.3, -0.25) is 4.98 Å². The molecule has 1 aliphatic heterocycles. The van der Waals surface area contributed by atoms with Crippen LogP contribution in [0.1, 0.15) is 46.0 Å². The van der Waals surface area contributed by atoms with Crippen molar-refractivity contribution in [1.82, 2.24) is 9.38 Å². The minimum atomic E-state index is -0.320. The van der Waals surface area contributed by atoms with Gasteiger partial charge in [-0.1, -0.05) is 6.92 Å². The number of rotatable bonds is 2. The van der Waals surface area contributed by atoms with E-state index in [1.807, 2.05) is 13.1 Å². The van der Waals surface area contributed by atoms with Crippen molar-refractivity contribution < 1.29 is 9.31 Å². The number of aromatic nitrogens is 2. The van der Waals surface area contributed by atoms with Gasteiger partial charge in [-0.15, -0.1) is 0 Å². The zero-order chi connectivity index (χ0) is 15.4. The van der Waals surface area contributed by atoms with Crippen LogP contribution in [0, 0.1) is 6.92 Å². The van der Waals surface area contributed by atoms with E-state index in [0.717, 1.165) is 28.8 Å². The second-order valence-corrected chi connectivity index (χ2v) is 6.84. The molecule has 112 valence electrons. The first kappa shape index (κ1) is 14.6. The highest BCUT2D eigenvalue weighted by Gasteiger charge is 2.52. The Bertz CT molecular complexity index is 675. The first-order valence-electron chi connectivity index (χ1n) is 7.57. The molecule has 0 spiro atoms. The van der Waals surface area contributed by atoms with Crippen LogP contribution in [0.5, 0.6) is 0 Å². The van der Waals surface area contributed by atoms with E-state index < -0.39 is 0 Å². The number of hydrogen-bond acceptors (Lipinski definition) is 3. The molecule has 0 atom stereocenters. The van der Waals surface area contributed by atoms with E-state index in [1.54, 1.807) is 0 Å². The minimum Gasteiger partial charge on any atom is -0.399 e. The molecule has 2 aromatic rings. The lowest BCUT2D eigenvalue weighted by atomic mass is 9.81. The normalized spacial score (nSPS) is 20.4. The number of hydrogen-bond donors (Lipinski definition) is 0. The Morgan fingerprint density at radius 1 is 1.14 bits per heavy atom. The van der Waals surface area contributed by atoms with E-state index >= 15 is 0 Å². The average molecular weight is 286 g/mol. The Hall–Kier alpha value is -1.33. The third kappa shape index (κ3) is 2.28. The van der Waals surface area contributed by atoms with Crippen molar-refractivity contribution in [3.05, 3.63) is 29.8 Å². The molecule has 0 bridgehead atoms. The fraction of sp³-hybridized carbons (Fsp3) is 0.562. The molecule has 21 heavy (non-hydrogen) atoms. The maximum absolute atomic E-state index is 6.13. The third-order valence-corrected chi connectivity index (χ3v) is 4.66. The van der Waals surface area contributed by atoms with E-state index in [2.05, 4.69) is 56.3 Å². The van der Waals surface area contributed by atoms with Gasteiger partial charge < -0.3 is 13.7 Å². The summed E-state index contributed by atoms with van der Waals surface area (Å²) >= 11 is 0. The van der Waals surface area contributed by atoms with Crippen molar-refractivity contribution in [2.24, 2.45) is 0 Å². The largest absolute Gasteiger partial charge is 0.496 e. The van der Waals surface area contributed by atoms with Gasteiger partial charge in [0.25, 0.3) is 0 Å². The summed E-state index contributed by atoms with van der Waals surface area (Å²) in [7, 11) is -0.320. The lowest BCUT2D eigenvalue weighted by Crippen LogP contribution is -2.41. The number of fused-ring (bicyclic) bond motifs is 1. The van der Waals surface area contributed by atoms with Crippen molar-refractivity contribution in [3.8, 4) is 0 Å². The van der Waals surface area contributed by atoms with Crippen LogP contribution in [0.2, 0.25) is 0 Å². The van der Waals surface area contributed by atoms with Crippen LogP contribution in [0.25, 0.3) is 5.52 Å². The first-order chi connectivity index (χ1) is 9.73. The molecule has 5 heteroatoms.